The second-order valence-corrected chi connectivity index (χ2v) is 7.00. The molecule has 3 N–H and O–H groups in total. The number of hydrogen-bond acceptors (Lipinski definition) is 3. The van der Waals surface area contributed by atoms with Crippen LogP contribution in [0.2, 0.25) is 0 Å². The van der Waals surface area contributed by atoms with Gasteiger partial charge in [-0.3, -0.25) is 0 Å². The summed E-state index contributed by atoms with van der Waals surface area (Å²) in [5.41, 5.74) is 8.00. The molecular formula is C19H30N2O. The molecule has 0 radical (unpaired) electrons. The molecule has 1 aromatic carbocycles. The van der Waals surface area contributed by atoms with Gasteiger partial charge in [0, 0.05) is 18.1 Å². The normalized spacial score (nSPS) is 31.8. The molecule has 0 saturated carbocycles. The Kier molecular flexibility index (Phi) is 4.86. The highest BCUT2D eigenvalue weighted by atomic mass is 16.5. The number of hydrogen-bond donors (Lipinski definition) is 2. The van der Waals surface area contributed by atoms with Crippen LogP contribution in [0.5, 0.6) is 0 Å². The van der Waals surface area contributed by atoms with E-state index in [-0.39, 0.29) is 11.1 Å². The number of nitrogens with two attached hydrogens (primary N) is 1. The van der Waals surface area contributed by atoms with Crippen LogP contribution in [-0.4, -0.2) is 30.8 Å². The molecule has 1 aromatic rings. The molecule has 0 amide bonds. The number of nitrogens with one attached hydrogen (secondary N) is 1. The van der Waals surface area contributed by atoms with E-state index in [0.29, 0.717) is 5.92 Å². The number of rotatable bonds is 4. The molecule has 3 rings (SSSR count). The highest BCUT2D eigenvalue weighted by Crippen LogP contribution is 2.50. The van der Waals surface area contributed by atoms with Gasteiger partial charge in [-0.05, 0) is 50.8 Å². The Hall–Kier alpha value is -0.900. The van der Waals surface area contributed by atoms with E-state index in [0.717, 1.165) is 51.8 Å². The topological polar surface area (TPSA) is 47.3 Å². The minimum absolute atomic E-state index is 0.205. The highest BCUT2D eigenvalue weighted by Gasteiger charge is 2.55. The molecule has 3 heteroatoms. The van der Waals surface area contributed by atoms with Crippen molar-refractivity contribution in [3.63, 3.8) is 0 Å². The molecular weight excluding hydrogens is 272 g/mol. The van der Waals surface area contributed by atoms with Crippen LogP contribution in [-0.2, 0) is 4.74 Å². The van der Waals surface area contributed by atoms with Gasteiger partial charge < -0.3 is 15.8 Å². The first-order valence-corrected chi connectivity index (χ1v) is 8.90. The van der Waals surface area contributed by atoms with E-state index in [1.54, 1.807) is 0 Å². The Balaban J connectivity index is 2.01. The van der Waals surface area contributed by atoms with Crippen molar-refractivity contribution in [2.75, 3.05) is 19.7 Å². The van der Waals surface area contributed by atoms with Crippen molar-refractivity contribution in [2.24, 2.45) is 5.73 Å². The van der Waals surface area contributed by atoms with Crippen LogP contribution in [0, 0.1) is 0 Å². The average molecular weight is 302 g/mol. The smallest absolute Gasteiger partial charge is 0.0929 e. The number of benzene rings is 1. The number of ether oxygens (including phenoxy) is 1. The maximum Gasteiger partial charge on any atom is 0.0929 e. The van der Waals surface area contributed by atoms with Crippen LogP contribution in [0.25, 0.3) is 0 Å². The molecule has 22 heavy (non-hydrogen) atoms. The molecule has 0 spiro atoms. The van der Waals surface area contributed by atoms with Crippen LogP contribution in [0.15, 0.2) is 30.3 Å². The van der Waals surface area contributed by atoms with E-state index in [9.17, 15) is 0 Å². The van der Waals surface area contributed by atoms with Crippen molar-refractivity contribution >= 4 is 0 Å². The summed E-state index contributed by atoms with van der Waals surface area (Å²) < 4.78 is 6.56. The summed E-state index contributed by atoms with van der Waals surface area (Å²) in [6.07, 6.45) is 6.53. The second-order valence-electron chi connectivity index (χ2n) is 7.00. The molecule has 3 nitrogen and oxygen atoms in total. The molecule has 2 fully saturated rings. The van der Waals surface area contributed by atoms with E-state index in [1.165, 1.54) is 12.0 Å². The summed E-state index contributed by atoms with van der Waals surface area (Å²) in [7, 11) is 0. The molecule has 122 valence electrons. The first-order valence-electron chi connectivity index (χ1n) is 8.90. The predicted molar refractivity (Wildman–Crippen MR) is 91.0 cm³/mol. The second kappa shape index (κ2) is 6.69. The Morgan fingerprint density at radius 3 is 2.64 bits per heavy atom. The first-order chi connectivity index (χ1) is 10.7. The molecule has 2 unspecified atom stereocenters. The highest BCUT2D eigenvalue weighted by molar-refractivity contribution is 5.28. The van der Waals surface area contributed by atoms with Crippen molar-refractivity contribution in [2.45, 2.75) is 62.5 Å². The minimum Gasteiger partial charge on any atom is -0.372 e. The third kappa shape index (κ3) is 2.70. The van der Waals surface area contributed by atoms with Crippen LogP contribution in [0.4, 0.5) is 0 Å². The molecule has 0 aromatic heterocycles. The van der Waals surface area contributed by atoms with Crippen LogP contribution >= 0.6 is 0 Å². The van der Waals surface area contributed by atoms with Gasteiger partial charge in [0.15, 0.2) is 0 Å². The van der Waals surface area contributed by atoms with E-state index in [1.807, 2.05) is 0 Å². The maximum absolute atomic E-state index is 7.02. The third-order valence-corrected chi connectivity index (χ3v) is 5.72. The lowest BCUT2D eigenvalue weighted by atomic mass is 9.61. The van der Waals surface area contributed by atoms with E-state index < -0.39 is 0 Å². The molecule has 2 atom stereocenters. The summed E-state index contributed by atoms with van der Waals surface area (Å²) in [6.45, 7) is 5.13. The van der Waals surface area contributed by atoms with Crippen LogP contribution in [0.3, 0.4) is 0 Å². The lowest BCUT2D eigenvalue weighted by Gasteiger charge is -2.56. The first kappa shape index (κ1) is 16.0. The fraction of sp³-hybridized carbons (Fsp3) is 0.684. The van der Waals surface area contributed by atoms with Crippen molar-refractivity contribution in [1.82, 2.24) is 5.32 Å². The van der Waals surface area contributed by atoms with Crippen molar-refractivity contribution in [1.29, 1.82) is 0 Å². The van der Waals surface area contributed by atoms with Gasteiger partial charge in [0.2, 0.25) is 0 Å². The van der Waals surface area contributed by atoms with Gasteiger partial charge in [-0.2, -0.15) is 0 Å². The summed E-state index contributed by atoms with van der Waals surface area (Å²) in [5.74, 6) is 0.422. The molecule has 2 heterocycles. The molecule has 2 aliphatic rings. The Morgan fingerprint density at radius 1 is 1.23 bits per heavy atom. The Bertz CT molecular complexity index is 466. The summed E-state index contributed by atoms with van der Waals surface area (Å²) in [4.78, 5) is 0. The van der Waals surface area contributed by atoms with Crippen molar-refractivity contribution in [3.05, 3.63) is 35.9 Å². The fourth-order valence-corrected chi connectivity index (χ4v) is 4.65. The van der Waals surface area contributed by atoms with Gasteiger partial charge in [0.1, 0.15) is 0 Å². The third-order valence-electron chi connectivity index (χ3n) is 5.72. The summed E-state index contributed by atoms with van der Waals surface area (Å²) in [5, 5.41) is 3.46. The lowest BCUT2D eigenvalue weighted by molar-refractivity contribution is -0.153. The zero-order valence-corrected chi connectivity index (χ0v) is 13.8. The summed E-state index contributed by atoms with van der Waals surface area (Å²) in [6, 6.07) is 10.9. The molecule has 0 bridgehead atoms. The van der Waals surface area contributed by atoms with E-state index in [2.05, 4.69) is 42.6 Å². The van der Waals surface area contributed by atoms with Gasteiger partial charge in [-0.15, -0.1) is 0 Å². The van der Waals surface area contributed by atoms with Gasteiger partial charge in [0.05, 0.1) is 5.60 Å². The average Bonchev–Trinajstić information content (AvgIpc) is 2.57. The number of piperidine rings is 1. The van der Waals surface area contributed by atoms with Crippen molar-refractivity contribution < 1.29 is 4.74 Å². The monoisotopic (exact) mass is 302 g/mol. The molecule has 2 aliphatic heterocycles. The van der Waals surface area contributed by atoms with E-state index >= 15 is 0 Å². The quantitative estimate of drug-likeness (QED) is 0.898. The van der Waals surface area contributed by atoms with Crippen molar-refractivity contribution in [3.8, 4) is 0 Å². The molecule has 0 aliphatic carbocycles. The van der Waals surface area contributed by atoms with Gasteiger partial charge in [-0.25, -0.2) is 0 Å². The zero-order chi connectivity index (χ0) is 15.5. The maximum atomic E-state index is 7.02. The summed E-state index contributed by atoms with van der Waals surface area (Å²) >= 11 is 0. The standard InChI is InChI=1S/C19H30N2O/c1-2-10-19(18(20)11-13-21-14-12-18)17(9-6-15-22-19)16-7-4-3-5-8-16/h3-5,7-8,17,21H,2,6,9-15,20H2,1H3. The minimum atomic E-state index is -0.213. The van der Waals surface area contributed by atoms with Gasteiger partial charge >= 0.3 is 0 Å². The molecule has 2 saturated heterocycles. The largest absolute Gasteiger partial charge is 0.372 e. The predicted octanol–water partition coefficient (Wildman–Crippen LogP) is 3.20. The van der Waals surface area contributed by atoms with Crippen LogP contribution < -0.4 is 11.1 Å². The zero-order valence-electron chi connectivity index (χ0n) is 13.8. The van der Waals surface area contributed by atoms with E-state index in [4.69, 9.17) is 10.5 Å². The SMILES string of the molecule is CCCC1(C2(N)CCNCC2)OCCCC1c1ccccc1. The Morgan fingerprint density at radius 2 is 1.95 bits per heavy atom. The fourth-order valence-electron chi connectivity index (χ4n) is 4.65. The van der Waals surface area contributed by atoms with Gasteiger partial charge in [0.25, 0.3) is 0 Å². The Labute approximate surface area is 134 Å². The van der Waals surface area contributed by atoms with Gasteiger partial charge in [-0.1, -0.05) is 43.7 Å². The lowest BCUT2D eigenvalue weighted by Crippen LogP contribution is -2.68. The van der Waals surface area contributed by atoms with Crippen LogP contribution in [0.1, 0.15) is 56.9 Å².